The van der Waals surface area contributed by atoms with E-state index in [0.717, 1.165) is 29.7 Å². The number of benzene rings is 1. The van der Waals surface area contributed by atoms with Crippen LogP contribution in [0.4, 0.5) is 0 Å². The summed E-state index contributed by atoms with van der Waals surface area (Å²) in [5.74, 6) is 0.856. The summed E-state index contributed by atoms with van der Waals surface area (Å²) in [7, 11) is 0. The Balaban J connectivity index is 2.23. The number of hydrogen-bond acceptors (Lipinski definition) is 3. The fraction of sp³-hybridized carbons (Fsp3) is 0.588. The summed E-state index contributed by atoms with van der Waals surface area (Å²) in [5, 5.41) is 3.28. The van der Waals surface area contributed by atoms with Gasteiger partial charge in [-0.05, 0) is 62.8 Å². The molecule has 0 heterocycles. The van der Waals surface area contributed by atoms with E-state index in [4.69, 9.17) is 10.5 Å². The van der Waals surface area contributed by atoms with E-state index in [1.165, 1.54) is 5.56 Å². The van der Waals surface area contributed by atoms with Gasteiger partial charge in [0.05, 0.1) is 0 Å². The van der Waals surface area contributed by atoms with E-state index in [2.05, 4.69) is 18.3 Å². The van der Waals surface area contributed by atoms with Crippen LogP contribution >= 0.6 is 0 Å². The highest BCUT2D eigenvalue weighted by molar-refractivity contribution is 5.85. The molecule has 0 bridgehead atoms. The zero-order chi connectivity index (χ0) is 15.6. The molecule has 4 heteroatoms. The highest BCUT2D eigenvalue weighted by Crippen LogP contribution is 2.40. The summed E-state index contributed by atoms with van der Waals surface area (Å²) >= 11 is 0. The second-order valence-electron chi connectivity index (χ2n) is 6.08. The molecule has 1 atom stereocenters. The fourth-order valence-corrected chi connectivity index (χ4v) is 2.90. The van der Waals surface area contributed by atoms with Gasteiger partial charge in [-0.3, -0.25) is 4.79 Å². The smallest absolute Gasteiger partial charge is 0.241 e. The summed E-state index contributed by atoms with van der Waals surface area (Å²) in [4.78, 5) is 12.0. The molecule has 1 unspecified atom stereocenters. The molecule has 1 aliphatic carbocycles. The minimum absolute atomic E-state index is 0.292. The zero-order valence-corrected chi connectivity index (χ0v) is 13.5. The lowest BCUT2D eigenvalue weighted by Gasteiger charge is -2.32. The molecule has 1 fully saturated rings. The van der Waals surface area contributed by atoms with Crippen molar-refractivity contribution in [3.63, 3.8) is 0 Å². The maximum absolute atomic E-state index is 12.0. The van der Waals surface area contributed by atoms with Crippen LogP contribution in [0.25, 0.3) is 0 Å². The van der Waals surface area contributed by atoms with Crippen molar-refractivity contribution in [2.24, 2.45) is 11.7 Å². The Labute approximate surface area is 127 Å². The SMILES string of the molecule is CCNC(COc1c(C)ccc(C)c1C)(C(N)=O)C1CC1. The van der Waals surface area contributed by atoms with E-state index in [-0.39, 0.29) is 5.91 Å². The Morgan fingerprint density at radius 3 is 2.48 bits per heavy atom. The van der Waals surface area contributed by atoms with Gasteiger partial charge in [0.25, 0.3) is 0 Å². The molecular formula is C17H26N2O2. The molecule has 3 N–H and O–H groups in total. The third kappa shape index (κ3) is 3.05. The second kappa shape index (κ2) is 6.06. The molecule has 1 saturated carbocycles. The summed E-state index contributed by atoms with van der Waals surface area (Å²) < 4.78 is 6.07. The third-order valence-electron chi connectivity index (χ3n) is 4.52. The predicted octanol–water partition coefficient (Wildman–Crippen LogP) is 2.23. The van der Waals surface area contributed by atoms with E-state index < -0.39 is 5.54 Å². The van der Waals surface area contributed by atoms with Gasteiger partial charge >= 0.3 is 0 Å². The number of amides is 1. The lowest BCUT2D eigenvalue weighted by Crippen LogP contribution is -2.61. The molecule has 0 spiro atoms. The molecule has 0 aliphatic heterocycles. The molecule has 21 heavy (non-hydrogen) atoms. The van der Waals surface area contributed by atoms with Crippen LogP contribution in [0.1, 0.15) is 36.5 Å². The summed E-state index contributed by atoms with van der Waals surface area (Å²) in [6.45, 7) is 9.13. The molecule has 1 aromatic carbocycles. The highest BCUT2D eigenvalue weighted by Gasteiger charge is 2.50. The van der Waals surface area contributed by atoms with Crippen LogP contribution in [0, 0.1) is 26.7 Å². The summed E-state index contributed by atoms with van der Waals surface area (Å²) in [6, 6.07) is 4.14. The first-order valence-corrected chi connectivity index (χ1v) is 7.67. The third-order valence-corrected chi connectivity index (χ3v) is 4.52. The van der Waals surface area contributed by atoms with Gasteiger partial charge in [-0.15, -0.1) is 0 Å². The molecule has 0 radical (unpaired) electrons. The Kier molecular flexibility index (Phi) is 4.57. The van der Waals surface area contributed by atoms with Crippen molar-refractivity contribution in [2.45, 2.75) is 46.1 Å². The highest BCUT2D eigenvalue weighted by atomic mass is 16.5. The first-order chi connectivity index (χ1) is 9.92. The fourth-order valence-electron chi connectivity index (χ4n) is 2.90. The van der Waals surface area contributed by atoms with Gasteiger partial charge in [0, 0.05) is 0 Å². The molecule has 1 amide bonds. The van der Waals surface area contributed by atoms with Crippen molar-refractivity contribution in [3.8, 4) is 5.75 Å². The number of hydrogen-bond donors (Lipinski definition) is 2. The number of likely N-dealkylation sites (N-methyl/N-ethyl adjacent to an activating group) is 1. The number of nitrogens with one attached hydrogen (secondary N) is 1. The molecule has 116 valence electrons. The Bertz CT molecular complexity index is 538. The van der Waals surface area contributed by atoms with E-state index in [9.17, 15) is 4.79 Å². The minimum atomic E-state index is -0.739. The average molecular weight is 290 g/mol. The number of primary amides is 1. The lowest BCUT2D eigenvalue weighted by molar-refractivity contribution is -0.126. The molecule has 2 rings (SSSR count). The second-order valence-corrected chi connectivity index (χ2v) is 6.08. The molecule has 0 aromatic heterocycles. The van der Waals surface area contributed by atoms with E-state index in [1.807, 2.05) is 26.8 Å². The van der Waals surface area contributed by atoms with Crippen LogP contribution < -0.4 is 15.8 Å². The quantitative estimate of drug-likeness (QED) is 0.809. The number of rotatable bonds is 7. The maximum Gasteiger partial charge on any atom is 0.241 e. The molecule has 1 aromatic rings. The van der Waals surface area contributed by atoms with Crippen LogP contribution in [0.15, 0.2) is 12.1 Å². The molecule has 1 aliphatic rings. The maximum atomic E-state index is 12.0. The van der Waals surface area contributed by atoms with Crippen molar-refractivity contribution < 1.29 is 9.53 Å². The van der Waals surface area contributed by atoms with Crippen LogP contribution in [0.3, 0.4) is 0 Å². The number of aryl methyl sites for hydroxylation is 2. The van der Waals surface area contributed by atoms with Gasteiger partial charge in [-0.25, -0.2) is 0 Å². The van der Waals surface area contributed by atoms with E-state index in [0.29, 0.717) is 19.1 Å². The number of carbonyl (C=O) groups excluding carboxylic acids is 1. The standard InChI is InChI=1S/C17H26N2O2/c1-5-19-17(16(18)20,14-8-9-14)10-21-15-12(3)7-6-11(2)13(15)4/h6-7,14,19H,5,8-10H2,1-4H3,(H2,18,20). The zero-order valence-electron chi connectivity index (χ0n) is 13.5. The van der Waals surface area contributed by atoms with Crippen molar-refractivity contribution in [3.05, 3.63) is 28.8 Å². The van der Waals surface area contributed by atoms with Crippen LogP contribution in [-0.2, 0) is 4.79 Å². The van der Waals surface area contributed by atoms with E-state index in [1.54, 1.807) is 0 Å². The number of carbonyl (C=O) groups is 1. The molecular weight excluding hydrogens is 264 g/mol. The van der Waals surface area contributed by atoms with Crippen molar-refractivity contribution in [1.29, 1.82) is 0 Å². The first-order valence-electron chi connectivity index (χ1n) is 7.67. The van der Waals surface area contributed by atoms with Crippen molar-refractivity contribution in [2.75, 3.05) is 13.2 Å². The molecule has 0 saturated heterocycles. The largest absolute Gasteiger partial charge is 0.491 e. The van der Waals surface area contributed by atoms with Gasteiger partial charge in [0.15, 0.2) is 0 Å². The Morgan fingerprint density at radius 2 is 1.95 bits per heavy atom. The van der Waals surface area contributed by atoms with E-state index >= 15 is 0 Å². The van der Waals surface area contributed by atoms with Crippen LogP contribution in [0.5, 0.6) is 5.75 Å². The lowest BCUT2D eigenvalue weighted by atomic mass is 9.93. The van der Waals surface area contributed by atoms with Gasteiger partial charge in [-0.2, -0.15) is 0 Å². The first kappa shape index (κ1) is 15.8. The number of nitrogens with two attached hydrogens (primary N) is 1. The average Bonchev–Trinajstić information content (AvgIpc) is 3.26. The van der Waals surface area contributed by atoms with Gasteiger partial charge in [-0.1, -0.05) is 19.1 Å². The van der Waals surface area contributed by atoms with Gasteiger partial charge < -0.3 is 15.8 Å². The Morgan fingerprint density at radius 1 is 1.33 bits per heavy atom. The van der Waals surface area contributed by atoms with Crippen molar-refractivity contribution in [1.82, 2.24) is 5.32 Å². The van der Waals surface area contributed by atoms with Crippen LogP contribution in [0.2, 0.25) is 0 Å². The number of ether oxygens (including phenoxy) is 1. The molecule has 4 nitrogen and oxygen atoms in total. The summed E-state index contributed by atoms with van der Waals surface area (Å²) in [5.41, 5.74) is 8.35. The van der Waals surface area contributed by atoms with Crippen molar-refractivity contribution >= 4 is 5.91 Å². The topological polar surface area (TPSA) is 64.3 Å². The normalized spacial score (nSPS) is 17.3. The van der Waals surface area contributed by atoms with Gasteiger partial charge in [0.2, 0.25) is 5.91 Å². The van der Waals surface area contributed by atoms with Gasteiger partial charge in [0.1, 0.15) is 17.9 Å². The monoisotopic (exact) mass is 290 g/mol. The van der Waals surface area contributed by atoms with Crippen LogP contribution in [-0.4, -0.2) is 24.6 Å². The summed E-state index contributed by atoms with van der Waals surface area (Å²) in [6.07, 6.45) is 2.07. The Hall–Kier alpha value is -1.55. The predicted molar refractivity (Wildman–Crippen MR) is 84.5 cm³/mol. The minimum Gasteiger partial charge on any atom is -0.491 e.